The molecule has 0 fully saturated rings. The van der Waals surface area contributed by atoms with Crippen molar-refractivity contribution in [3.63, 3.8) is 0 Å². The van der Waals surface area contributed by atoms with Crippen LogP contribution in [0.1, 0.15) is 23.0 Å². The Hall–Kier alpha value is -2.37. The van der Waals surface area contributed by atoms with Gasteiger partial charge in [0.1, 0.15) is 12.4 Å². The molecule has 1 aliphatic carbocycles. The van der Waals surface area contributed by atoms with E-state index in [1.165, 1.54) is 17.9 Å². The lowest BCUT2D eigenvalue weighted by Crippen LogP contribution is -2.20. The first-order chi connectivity index (χ1) is 8.95. The summed E-state index contributed by atoms with van der Waals surface area (Å²) in [5.41, 5.74) is -0.294. The van der Waals surface area contributed by atoms with Gasteiger partial charge in [-0.2, -0.15) is 4.73 Å². The molecule has 6 heteroatoms. The van der Waals surface area contributed by atoms with Gasteiger partial charge in [-0.25, -0.2) is 9.18 Å². The van der Waals surface area contributed by atoms with E-state index in [1.807, 2.05) is 0 Å². The second-order valence-corrected chi connectivity index (χ2v) is 4.00. The normalized spacial score (nSPS) is 10.7. The third-order valence-corrected chi connectivity index (χ3v) is 2.79. The predicted octanol–water partition coefficient (Wildman–Crippen LogP) is 1.55. The highest BCUT2D eigenvalue weighted by atomic mass is 19.1. The molecule has 1 aliphatic heterocycles. The average Bonchev–Trinajstić information content (AvgIpc) is 2.30. The molecule has 5 nitrogen and oxygen atoms in total. The molecular weight excluding hydrogens is 253 g/mol. The SMILES string of the molecule is CCOn1cc2c(F)cc(=O)cc-2c(C(=O)O)c1C. The summed E-state index contributed by atoms with van der Waals surface area (Å²) in [5, 5.41) is 9.24. The molecule has 1 heterocycles. The van der Waals surface area contributed by atoms with Gasteiger partial charge in [-0.3, -0.25) is 4.79 Å². The Labute approximate surface area is 108 Å². The topological polar surface area (TPSA) is 68.5 Å². The third kappa shape index (κ3) is 2.16. The van der Waals surface area contributed by atoms with Crippen LogP contribution in [0.25, 0.3) is 11.1 Å². The molecule has 0 saturated heterocycles. The van der Waals surface area contributed by atoms with Crippen molar-refractivity contribution in [1.29, 1.82) is 0 Å². The first kappa shape index (κ1) is 13.1. The Morgan fingerprint density at radius 2 is 2.11 bits per heavy atom. The quantitative estimate of drug-likeness (QED) is 0.914. The van der Waals surface area contributed by atoms with Crippen molar-refractivity contribution in [1.82, 2.24) is 4.73 Å². The Morgan fingerprint density at radius 1 is 1.42 bits per heavy atom. The molecule has 2 rings (SSSR count). The van der Waals surface area contributed by atoms with Crippen LogP contribution in [-0.4, -0.2) is 22.4 Å². The fourth-order valence-electron chi connectivity index (χ4n) is 1.99. The standard InChI is InChI=1S/C13H12FNO4/c1-3-19-15-6-10-9(4-8(16)5-11(10)14)12(7(15)2)13(17)18/h4-6H,3H2,1-2H3,(H,17,18). The van der Waals surface area contributed by atoms with E-state index in [0.29, 0.717) is 12.3 Å². The molecule has 0 bridgehead atoms. The van der Waals surface area contributed by atoms with E-state index < -0.39 is 17.2 Å². The van der Waals surface area contributed by atoms with E-state index in [0.717, 1.165) is 12.1 Å². The Kier molecular flexibility index (Phi) is 3.25. The van der Waals surface area contributed by atoms with E-state index in [2.05, 4.69) is 0 Å². The summed E-state index contributed by atoms with van der Waals surface area (Å²) in [5.74, 6) is -2.00. The van der Waals surface area contributed by atoms with Gasteiger partial charge in [0.25, 0.3) is 0 Å². The summed E-state index contributed by atoms with van der Waals surface area (Å²) < 4.78 is 15.0. The summed E-state index contributed by atoms with van der Waals surface area (Å²) in [6.07, 6.45) is 1.34. The zero-order valence-corrected chi connectivity index (χ0v) is 10.4. The number of hydrogen-bond donors (Lipinski definition) is 1. The van der Waals surface area contributed by atoms with Gasteiger partial charge < -0.3 is 9.94 Å². The molecule has 0 radical (unpaired) electrons. The molecule has 0 aromatic heterocycles. The number of hydrogen-bond acceptors (Lipinski definition) is 3. The maximum absolute atomic E-state index is 13.8. The molecule has 100 valence electrons. The molecule has 1 N–H and O–H groups in total. The molecule has 0 saturated carbocycles. The van der Waals surface area contributed by atoms with Crippen LogP contribution in [0.5, 0.6) is 0 Å². The van der Waals surface area contributed by atoms with Crippen molar-refractivity contribution < 1.29 is 19.1 Å². The smallest absolute Gasteiger partial charge is 0.338 e. The Balaban J connectivity index is 2.91. The highest BCUT2D eigenvalue weighted by Crippen LogP contribution is 2.29. The monoisotopic (exact) mass is 265 g/mol. The minimum Gasteiger partial charge on any atom is -0.478 e. The fraction of sp³-hybridized carbons (Fsp3) is 0.231. The molecule has 19 heavy (non-hydrogen) atoms. The number of carboxylic acids is 1. The first-order valence-electron chi connectivity index (χ1n) is 5.67. The number of aromatic carboxylic acids is 1. The zero-order chi connectivity index (χ0) is 14.2. The summed E-state index contributed by atoms with van der Waals surface area (Å²) in [4.78, 5) is 27.9. The van der Waals surface area contributed by atoms with E-state index >= 15 is 0 Å². The van der Waals surface area contributed by atoms with Crippen LogP contribution in [0.4, 0.5) is 4.39 Å². The average molecular weight is 265 g/mol. The fourth-order valence-corrected chi connectivity index (χ4v) is 1.99. The van der Waals surface area contributed by atoms with Gasteiger partial charge in [0.2, 0.25) is 0 Å². The molecule has 0 atom stereocenters. The van der Waals surface area contributed by atoms with Crippen molar-refractivity contribution >= 4 is 5.97 Å². The van der Waals surface area contributed by atoms with Crippen LogP contribution < -0.4 is 10.3 Å². The highest BCUT2D eigenvalue weighted by Gasteiger charge is 2.23. The third-order valence-electron chi connectivity index (χ3n) is 2.79. The largest absolute Gasteiger partial charge is 0.478 e. The van der Waals surface area contributed by atoms with E-state index in [1.54, 1.807) is 6.92 Å². The van der Waals surface area contributed by atoms with Crippen molar-refractivity contribution in [3.05, 3.63) is 45.6 Å². The Bertz CT molecular complexity index is 677. The van der Waals surface area contributed by atoms with Crippen molar-refractivity contribution in [2.75, 3.05) is 6.61 Å². The van der Waals surface area contributed by atoms with Crippen molar-refractivity contribution in [2.45, 2.75) is 13.8 Å². The second kappa shape index (κ2) is 4.72. The van der Waals surface area contributed by atoms with Gasteiger partial charge in [-0.05, 0) is 19.9 Å². The number of benzene rings is 1. The van der Waals surface area contributed by atoms with Crippen LogP contribution in [0.15, 0.2) is 23.1 Å². The van der Waals surface area contributed by atoms with Crippen molar-refractivity contribution in [2.24, 2.45) is 0 Å². The molecule has 0 aromatic rings. The number of carbonyl (C=O) groups is 1. The summed E-state index contributed by atoms with van der Waals surface area (Å²) in [7, 11) is 0. The van der Waals surface area contributed by atoms with Crippen LogP contribution in [-0.2, 0) is 0 Å². The second-order valence-electron chi connectivity index (χ2n) is 4.00. The van der Waals surface area contributed by atoms with Gasteiger partial charge in [0.05, 0.1) is 17.5 Å². The number of carboxylic acid groups (broad SMARTS) is 1. The van der Waals surface area contributed by atoms with Gasteiger partial charge in [-0.1, -0.05) is 0 Å². The summed E-state index contributed by atoms with van der Waals surface area (Å²) >= 11 is 0. The Morgan fingerprint density at radius 3 is 2.68 bits per heavy atom. The molecular formula is C13H12FNO4. The minimum atomic E-state index is -1.23. The first-order valence-corrected chi connectivity index (χ1v) is 5.67. The van der Waals surface area contributed by atoms with Gasteiger partial charge in [0, 0.05) is 17.2 Å². The molecule has 0 amide bonds. The minimum absolute atomic E-state index is 0.0380. The summed E-state index contributed by atoms with van der Waals surface area (Å²) in [6, 6.07) is 1.94. The van der Waals surface area contributed by atoms with Crippen molar-refractivity contribution in [3.8, 4) is 11.1 Å². The maximum Gasteiger partial charge on any atom is 0.338 e. The number of halogens is 1. The lowest BCUT2D eigenvalue weighted by atomic mass is 9.97. The van der Waals surface area contributed by atoms with E-state index in [9.17, 15) is 19.1 Å². The van der Waals surface area contributed by atoms with Gasteiger partial charge in [-0.15, -0.1) is 0 Å². The zero-order valence-electron chi connectivity index (χ0n) is 10.4. The molecule has 0 unspecified atom stereocenters. The molecule has 2 aliphatic rings. The van der Waals surface area contributed by atoms with Gasteiger partial charge in [0.15, 0.2) is 5.43 Å². The predicted molar refractivity (Wildman–Crippen MR) is 66.1 cm³/mol. The number of rotatable bonds is 3. The lowest BCUT2D eigenvalue weighted by Gasteiger charge is -2.18. The lowest BCUT2D eigenvalue weighted by molar-refractivity contribution is 0.0684. The number of fused-ring (bicyclic) bond motifs is 1. The molecule has 0 aromatic carbocycles. The van der Waals surface area contributed by atoms with Crippen LogP contribution >= 0.6 is 0 Å². The van der Waals surface area contributed by atoms with Crippen LogP contribution in [0.3, 0.4) is 0 Å². The highest BCUT2D eigenvalue weighted by molar-refractivity contribution is 5.97. The van der Waals surface area contributed by atoms with Gasteiger partial charge >= 0.3 is 5.97 Å². The van der Waals surface area contributed by atoms with Crippen LogP contribution in [0.2, 0.25) is 0 Å². The van der Waals surface area contributed by atoms with E-state index in [-0.39, 0.29) is 16.7 Å². The number of nitrogens with zero attached hydrogens (tertiary/aromatic N) is 1. The number of pyridine rings is 1. The molecule has 0 spiro atoms. The van der Waals surface area contributed by atoms with Crippen LogP contribution in [0, 0.1) is 12.7 Å². The number of aromatic nitrogens is 1. The maximum atomic E-state index is 13.8. The summed E-state index contributed by atoms with van der Waals surface area (Å²) in [6.45, 7) is 3.57. The van der Waals surface area contributed by atoms with E-state index in [4.69, 9.17) is 4.84 Å².